The molecule has 4 N–H and O–H groups in total. The van der Waals surface area contributed by atoms with Crippen LogP contribution in [0.5, 0.6) is 0 Å². The molecule has 0 aromatic heterocycles. The SMILES string of the molecule is NC1CCCCC1N.[Cl-].[Cl-].[Cl-].[Cl-].[Pt]. The van der Waals surface area contributed by atoms with Crippen LogP contribution in [0.3, 0.4) is 0 Å². The molecule has 0 amide bonds. The van der Waals surface area contributed by atoms with Crippen LogP contribution >= 0.6 is 0 Å². The van der Waals surface area contributed by atoms with Crippen molar-refractivity contribution in [3.63, 3.8) is 0 Å². The summed E-state index contributed by atoms with van der Waals surface area (Å²) in [6.45, 7) is 0. The van der Waals surface area contributed by atoms with Crippen molar-refractivity contribution in [3.8, 4) is 0 Å². The standard InChI is InChI=1S/C6H14N2.4ClH.Pt/c7-5-3-1-2-4-6(5)8;;;;;/h5-6H,1-4,7-8H2;4*1H;/p-4. The van der Waals surface area contributed by atoms with Gasteiger partial charge < -0.3 is 61.1 Å². The second-order valence-electron chi connectivity index (χ2n) is 2.61. The molecule has 1 rings (SSSR count). The van der Waals surface area contributed by atoms with Crippen molar-refractivity contribution in [2.24, 2.45) is 11.5 Å². The summed E-state index contributed by atoms with van der Waals surface area (Å²) in [5, 5.41) is 0. The van der Waals surface area contributed by atoms with Gasteiger partial charge >= 0.3 is 0 Å². The number of rotatable bonds is 0. The van der Waals surface area contributed by atoms with Crippen molar-refractivity contribution in [3.05, 3.63) is 0 Å². The van der Waals surface area contributed by atoms with E-state index in [0.29, 0.717) is 0 Å². The summed E-state index contributed by atoms with van der Waals surface area (Å²) < 4.78 is 0. The summed E-state index contributed by atoms with van der Waals surface area (Å²) in [5.74, 6) is 0. The van der Waals surface area contributed by atoms with E-state index in [2.05, 4.69) is 0 Å². The van der Waals surface area contributed by atoms with Crippen molar-refractivity contribution >= 4 is 0 Å². The predicted molar refractivity (Wildman–Crippen MR) is 34.4 cm³/mol. The van der Waals surface area contributed by atoms with Crippen molar-refractivity contribution in [2.45, 2.75) is 37.8 Å². The number of nitrogens with two attached hydrogens (primary N) is 2. The summed E-state index contributed by atoms with van der Waals surface area (Å²) in [7, 11) is 0. The summed E-state index contributed by atoms with van der Waals surface area (Å²) in [5.41, 5.74) is 11.3. The van der Waals surface area contributed by atoms with E-state index in [1.54, 1.807) is 0 Å². The van der Waals surface area contributed by atoms with Crippen LogP contribution in [0.4, 0.5) is 0 Å². The van der Waals surface area contributed by atoms with Gasteiger partial charge in [0.2, 0.25) is 0 Å². The Morgan fingerprint density at radius 2 is 0.923 bits per heavy atom. The van der Waals surface area contributed by atoms with E-state index in [1.165, 1.54) is 12.8 Å². The molecule has 2 nitrogen and oxygen atoms in total. The van der Waals surface area contributed by atoms with E-state index in [9.17, 15) is 0 Å². The molecule has 1 saturated carbocycles. The molecule has 1 aliphatic carbocycles. The fourth-order valence-electron chi connectivity index (χ4n) is 1.19. The molecular formula is C6H14Cl4N2Pt-4. The van der Waals surface area contributed by atoms with E-state index in [4.69, 9.17) is 11.5 Å². The third-order valence-corrected chi connectivity index (χ3v) is 1.87. The van der Waals surface area contributed by atoms with E-state index in [1.807, 2.05) is 0 Å². The van der Waals surface area contributed by atoms with Crippen molar-refractivity contribution in [1.29, 1.82) is 0 Å². The molecule has 2 unspecified atom stereocenters. The zero-order valence-corrected chi connectivity index (χ0v) is 12.3. The molecule has 0 saturated heterocycles. The van der Waals surface area contributed by atoms with Gasteiger partial charge in [-0.3, -0.25) is 0 Å². The number of hydrogen-bond donors (Lipinski definition) is 2. The third kappa shape index (κ3) is 11.7. The first-order chi connectivity index (χ1) is 3.80. The van der Waals surface area contributed by atoms with Crippen LogP contribution in [0.2, 0.25) is 0 Å². The first-order valence-electron chi connectivity index (χ1n) is 3.32. The summed E-state index contributed by atoms with van der Waals surface area (Å²) in [6, 6.07) is 0.562. The third-order valence-electron chi connectivity index (χ3n) is 1.87. The summed E-state index contributed by atoms with van der Waals surface area (Å²) in [4.78, 5) is 0. The average molecular weight is 451 g/mol. The molecule has 0 radical (unpaired) electrons. The Morgan fingerprint density at radius 1 is 0.692 bits per heavy atom. The van der Waals surface area contributed by atoms with Gasteiger partial charge in [0.15, 0.2) is 0 Å². The second-order valence-corrected chi connectivity index (χ2v) is 2.61. The molecule has 13 heavy (non-hydrogen) atoms. The molecule has 0 aromatic carbocycles. The van der Waals surface area contributed by atoms with E-state index in [-0.39, 0.29) is 82.8 Å². The Bertz CT molecular complexity index is 79.0. The van der Waals surface area contributed by atoms with Gasteiger partial charge in [-0.25, -0.2) is 0 Å². The molecule has 0 bridgehead atoms. The largest absolute Gasteiger partial charge is 1.00 e. The Morgan fingerprint density at radius 3 is 1.08 bits per heavy atom. The normalized spacial score (nSPS) is 24.5. The van der Waals surface area contributed by atoms with E-state index in [0.717, 1.165) is 12.8 Å². The van der Waals surface area contributed by atoms with Gasteiger partial charge in [-0.15, -0.1) is 0 Å². The minimum absolute atomic E-state index is 0. The maximum Gasteiger partial charge on any atom is 0.0192 e. The van der Waals surface area contributed by atoms with Gasteiger partial charge in [-0.1, -0.05) is 12.8 Å². The number of hydrogen-bond acceptors (Lipinski definition) is 2. The van der Waals surface area contributed by atoms with E-state index >= 15 is 0 Å². The summed E-state index contributed by atoms with van der Waals surface area (Å²) in [6.07, 6.45) is 4.80. The van der Waals surface area contributed by atoms with Gasteiger partial charge in [0, 0.05) is 33.1 Å². The molecule has 0 heterocycles. The van der Waals surface area contributed by atoms with E-state index < -0.39 is 0 Å². The minimum atomic E-state index is 0. The Labute approximate surface area is 119 Å². The molecule has 0 spiro atoms. The predicted octanol–water partition coefficient (Wildman–Crippen LogP) is -11.8. The monoisotopic (exact) mass is 449 g/mol. The van der Waals surface area contributed by atoms with Crippen molar-refractivity contribution in [2.75, 3.05) is 0 Å². The first kappa shape index (κ1) is 29.3. The van der Waals surface area contributed by atoms with Gasteiger partial charge in [0.1, 0.15) is 0 Å². The van der Waals surface area contributed by atoms with Crippen LogP contribution < -0.4 is 61.1 Å². The zero-order chi connectivity index (χ0) is 5.98. The number of halogens is 4. The quantitative estimate of drug-likeness (QED) is 0.385. The first-order valence-corrected chi connectivity index (χ1v) is 3.32. The van der Waals surface area contributed by atoms with Gasteiger partial charge in [0.05, 0.1) is 0 Å². The molecule has 1 aliphatic rings. The van der Waals surface area contributed by atoms with Crippen LogP contribution in [0, 0.1) is 0 Å². The smallest absolute Gasteiger partial charge is 0.0192 e. The van der Waals surface area contributed by atoms with Crippen LogP contribution in [0.25, 0.3) is 0 Å². The molecular weight excluding hydrogens is 437 g/mol. The minimum Gasteiger partial charge on any atom is -1.00 e. The molecule has 0 aromatic rings. The molecule has 0 aliphatic heterocycles. The van der Waals surface area contributed by atoms with Crippen molar-refractivity contribution in [1.82, 2.24) is 0 Å². The zero-order valence-electron chi connectivity index (χ0n) is 6.97. The van der Waals surface area contributed by atoms with Crippen molar-refractivity contribution < 1.29 is 70.7 Å². The van der Waals surface area contributed by atoms with Crippen LogP contribution in [0.1, 0.15) is 25.7 Å². The topological polar surface area (TPSA) is 52.0 Å². The Hall–Kier alpha value is 1.77. The molecule has 1 fully saturated rings. The van der Waals surface area contributed by atoms with Gasteiger partial charge in [0.25, 0.3) is 0 Å². The van der Waals surface area contributed by atoms with Crippen LogP contribution in [0.15, 0.2) is 0 Å². The van der Waals surface area contributed by atoms with Gasteiger partial charge in [-0.2, -0.15) is 0 Å². The molecule has 7 heteroatoms. The Balaban J connectivity index is -0.0000000427. The van der Waals surface area contributed by atoms with Crippen LogP contribution in [-0.4, -0.2) is 12.1 Å². The maximum atomic E-state index is 5.65. The second kappa shape index (κ2) is 16.2. The summed E-state index contributed by atoms with van der Waals surface area (Å²) >= 11 is 0. The maximum absolute atomic E-state index is 5.65. The fraction of sp³-hybridized carbons (Fsp3) is 1.00. The fourth-order valence-corrected chi connectivity index (χ4v) is 1.19. The molecule has 90 valence electrons. The molecule has 2 atom stereocenters. The van der Waals surface area contributed by atoms with Gasteiger partial charge in [-0.05, 0) is 12.8 Å². The average Bonchev–Trinajstić information content (AvgIpc) is 1.77. The Kier molecular flexibility index (Phi) is 36.6. The van der Waals surface area contributed by atoms with Crippen LogP contribution in [-0.2, 0) is 21.1 Å².